The summed E-state index contributed by atoms with van der Waals surface area (Å²) in [5.74, 6) is 1.21. The molecule has 0 radical (unpaired) electrons. The van der Waals surface area contributed by atoms with Crippen molar-refractivity contribution in [2.24, 2.45) is 0 Å². The van der Waals surface area contributed by atoms with Crippen LogP contribution in [0.5, 0.6) is 17.2 Å². The summed E-state index contributed by atoms with van der Waals surface area (Å²) in [6, 6.07) is 10.4. The highest BCUT2D eigenvalue weighted by atomic mass is 32.2. The van der Waals surface area contributed by atoms with E-state index in [4.69, 9.17) is 14.2 Å². The summed E-state index contributed by atoms with van der Waals surface area (Å²) in [7, 11) is -3.51. The Balaban J connectivity index is 1.56. The number of ether oxygens (including phenoxy) is 3. The molecule has 2 aromatic carbocycles. The summed E-state index contributed by atoms with van der Waals surface area (Å²) in [4.78, 5) is 12.8. The number of nitrogens with one attached hydrogen (secondary N) is 1. The molecular weight excluding hydrogens is 396 g/mol. The summed E-state index contributed by atoms with van der Waals surface area (Å²) in [5, 5.41) is 2.82. The normalized spacial score (nSPS) is 18.3. The molecule has 0 aromatic heterocycles. The quantitative estimate of drug-likeness (QED) is 0.822. The van der Waals surface area contributed by atoms with Crippen molar-refractivity contribution in [3.63, 3.8) is 0 Å². The lowest BCUT2D eigenvalue weighted by atomic mass is 10.2. The van der Waals surface area contributed by atoms with Crippen molar-refractivity contribution in [1.82, 2.24) is 0 Å². The first kappa shape index (κ1) is 19.4. The predicted molar refractivity (Wildman–Crippen MR) is 108 cm³/mol. The van der Waals surface area contributed by atoms with E-state index < -0.39 is 16.1 Å². The van der Waals surface area contributed by atoms with E-state index in [1.54, 1.807) is 30.3 Å². The van der Waals surface area contributed by atoms with Crippen LogP contribution in [-0.4, -0.2) is 46.4 Å². The molecule has 0 aliphatic carbocycles. The predicted octanol–water partition coefficient (Wildman–Crippen LogP) is 2.32. The molecule has 0 spiro atoms. The summed E-state index contributed by atoms with van der Waals surface area (Å²) >= 11 is 0. The van der Waals surface area contributed by atoms with Gasteiger partial charge in [0.1, 0.15) is 19.0 Å². The molecule has 9 heteroatoms. The van der Waals surface area contributed by atoms with Gasteiger partial charge in [-0.15, -0.1) is 0 Å². The Morgan fingerprint density at radius 3 is 2.55 bits per heavy atom. The van der Waals surface area contributed by atoms with Crippen LogP contribution in [0.4, 0.5) is 11.4 Å². The fourth-order valence-electron chi connectivity index (χ4n) is 3.36. The van der Waals surface area contributed by atoms with E-state index in [0.717, 1.165) is 11.8 Å². The highest BCUT2D eigenvalue weighted by Crippen LogP contribution is 2.36. The summed E-state index contributed by atoms with van der Waals surface area (Å²) < 4.78 is 42.7. The number of benzene rings is 2. The standard InChI is InChI=1S/C20H22N2O6S/c1-13-3-5-16-15(11-13)22(29(2,24)25)8-7-18(28-16)20(23)21-14-4-6-17-19(12-14)27-10-9-26-17/h3-6,11-12,18H,7-10H2,1-2H3,(H,21,23)/t18-/m0/s1. The molecule has 29 heavy (non-hydrogen) atoms. The number of rotatable bonds is 3. The van der Waals surface area contributed by atoms with Gasteiger partial charge in [-0.2, -0.15) is 0 Å². The first-order chi connectivity index (χ1) is 13.8. The van der Waals surface area contributed by atoms with Gasteiger partial charge in [0.25, 0.3) is 5.91 Å². The van der Waals surface area contributed by atoms with Crippen LogP contribution < -0.4 is 23.8 Å². The van der Waals surface area contributed by atoms with Crippen molar-refractivity contribution in [2.75, 3.05) is 35.6 Å². The molecule has 4 rings (SSSR count). The zero-order valence-electron chi connectivity index (χ0n) is 16.2. The summed E-state index contributed by atoms with van der Waals surface area (Å²) in [5.41, 5.74) is 1.90. The van der Waals surface area contributed by atoms with Crippen LogP contribution in [0, 0.1) is 6.92 Å². The molecule has 2 aromatic rings. The van der Waals surface area contributed by atoms with Gasteiger partial charge in [0.15, 0.2) is 17.6 Å². The maximum Gasteiger partial charge on any atom is 0.265 e. The number of hydrogen-bond donors (Lipinski definition) is 1. The van der Waals surface area contributed by atoms with Gasteiger partial charge < -0.3 is 19.5 Å². The Labute approximate surface area is 169 Å². The second kappa shape index (κ2) is 7.47. The second-order valence-electron chi connectivity index (χ2n) is 7.05. The van der Waals surface area contributed by atoms with Crippen molar-refractivity contribution in [1.29, 1.82) is 0 Å². The Morgan fingerprint density at radius 1 is 1.07 bits per heavy atom. The first-order valence-electron chi connectivity index (χ1n) is 9.27. The van der Waals surface area contributed by atoms with E-state index in [1.807, 2.05) is 13.0 Å². The molecule has 1 N–H and O–H groups in total. The van der Waals surface area contributed by atoms with Crippen molar-refractivity contribution >= 4 is 27.3 Å². The van der Waals surface area contributed by atoms with E-state index in [2.05, 4.69) is 5.32 Å². The van der Waals surface area contributed by atoms with Gasteiger partial charge in [-0.05, 0) is 36.8 Å². The zero-order chi connectivity index (χ0) is 20.6. The van der Waals surface area contributed by atoms with Crippen molar-refractivity contribution in [3.05, 3.63) is 42.0 Å². The van der Waals surface area contributed by atoms with Crippen molar-refractivity contribution < 1.29 is 27.4 Å². The summed E-state index contributed by atoms with van der Waals surface area (Å²) in [6.45, 7) is 2.96. The van der Waals surface area contributed by atoms with E-state index in [0.29, 0.717) is 41.8 Å². The van der Waals surface area contributed by atoms with E-state index in [1.165, 1.54) is 4.31 Å². The van der Waals surface area contributed by atoms with Gasteiger partial charge in [-0.25, -0.2) is 8.42 Å². The largest absolute Gasteiger partial charge is 0.486 e. The lowest BCUT2D eigenvalue weighted by Gasteiger charge is -2.21. The molecule has 0 fully saturated rings. The van der Waals surface area contributed by atoms with E-state index in [9.17, 15) is 13.2 Å². The monoisotopic (exact) mass is 418 g/mol. The number of nitrogens with zero attached hydrogens (tertiary/aromatic N) is 1. The van der Waals surface area contributed by atoms with Gasteiger partial charge in [0.05, 0.1) is 11.9 Å². The number of amides is 1. The molecule has 2 aliphatic rings. The highest BCUT2D eigenvalue weighted by Gasteiger charge is 2.31. The van der Waals surface area contributed by atoms with Gasteiger partial charge in [-0.3, -0.25) is 9.10 Å². The molecule has 154 valence electrons. The third-order valence-electron chi connectivity index (χ3n) is 4.75. The Hall–Kier alpha value is -2.94. The minimum absolute atomic E-state index is 0.147. The Kier molecular flexibility index (Phi) is 4.99. The smallest absolute Gasteiger partial charge is 0.265 e. The maximum atomic E-state index is 12.8. The second-order valence-corrected chi connectivity index (χ2v) is 8.96. The molecule has 0 saturated heterocycles. The molecular formula is C20H22N2O6S. The molecule has 0 saturated carbocycles. The topological polar surface area (TPSA) is 94.2 Å². The molecule has 2 heterocycles. The number of anilines is 2. The number of sulfonamides is 1. The highest BCUT2D eigenvalue weighted by molar-refractivity contribution is 7.92. The fraction of sp³-hybridized carbons (Fsp3) is 0.350. The average Bonchev–Trinajstić information content (AvgIpc) is 2.87. The van der Waals surface area contributed by atoms with Crippen LogP contribution in [0.25, 0.3) is 0 Å². The Morgan fingerprint density at radius 2 is 1.79 bits per heavy atom. The first-order valence-corrected chi connectivity index (χ1v) is 11.1. The molecule has 0 unspecified atom stereocenters. The van der Waals surface area contributed by atoms with E-state index in [-0.39, 0.29) is 18.9 Å². The molecule has 1 atom stereocenters. The number of fused-ring (bicyclic) bond motifs is 2. The third-order valence-corrected chi connectivity index (χ3v) is 5.93. The number of aryl methyl sites for hydroxylation is 1. The minimum Gasteiger partial charge on any atom is -0.486 e. The molecule has 0 bridgehead atoms. The maximum absolute atomic E-state index is 12.8. The van der Waals surface area contributed by atoms with Crippen LogP contribution in [0.2, 0.25) is 0 Å². The van der Waals surface area contributed by atoms with Crippen LogP contribution in [0.1, 0.15) is 12.0 Å². The van der Waals surface area contributed by atoms with E-state index >= 15 is 0 Å². The van der Waals surface area contributed by atoms with Crippen molar-refractivity contribution in [2.45, 2.75) is 19.4 Å². The average molecular weight is 418 g/mol. The minimum atomic E-state index is -3.51. The molecule has 2 aliphatic heterocycles. The van der Waals surface area contributed by atoms with Crippen LogP contribution >= 0.6 is 0 Å². The number of hydrogen-bond acceptors (Lipinski definition) is 6. The van der Waals surface area contributed by atoms with Gasteiger partial charge >= 0.3 is 0 Å². The van der Waals surface area contributed by atoms with Crippen LogP contribution in [-0.2, 0) is 14.8 Å². The van der Waals surface area contributed by atoms with Gasteiger partial charge in [0.2, 0.25) is 10.0 Å². The zero-order valence-corrected chi connectivity index (χ0v) is 17.0. The number of carbonyl (C=O) groups is 1. The SMILES string of the molecule is Cc1ccc2c(c1)N(S(C)(=O)=O)CC[C@@H](C(=O)Nc1ccc3c(c1)OCCO3)O2. The third kappa shape index (κ3) is 4.09. The number of carbonyl (C=O) groups excluding carboxylic acids is 1. The lowest BCUT2D eigenvalue weighted by Crippen LogP contribution is -2.36. The lowest BCUT2D eigenvalue weighted by molar-refractivity contribution is -0.122. The summed E-state index contributed by atoms with van der Waals surface area (Å²) in [6.07, 6.45) is 0.530. The van der Waals surface area contributed by atoms with Crippen molar-refractivity contribution in [3.8, 4) is 17.2 Å². The van der Waals surface area contributed by atoms with Crippen LogP contribution in [0.15, 0.2) is 36.4 Å². The fourth-order valence-corrected chi connectivity index (χ4v) is 4.30. The Bertz CT molecular complexity index is 1050. The van der Waals surface area contributed by atoms with Gasteiger partial charge in [-0.1, -0.05) is 6.07 Å². The molecule has 1 amide bonds. The molecule has 8 nitrogen and oxygen atoms in total. The van der Waals surface area contributed by atoms with Gasteiger partial charge in [0, 0.05) is 24.7 Å². The van der Waals surface area contributed by atoms with Crippen LogP contribution in [0.3, 0.4) is 0 Å².